The summed E-state index contributed by atoms with van der Waals surface area (Å²) in [6.45, 7) is 2.99. The van der Waals surface area contributed by atoms with Crippen molar-refractivity contribution in [2.75, 3.05) is 26.9 Å². The summed E-state index contributed by atoms with van der Waals surface area (Å²) in [4.78, 5) is 11.7. The van der Waals surface area contributed by atoms with Gasteiger partial charge in [-0.2, -0.15) is 0 Å². The molecule has 0 saturated heterocycles. The van der Waals surface area contributed by atoms with Crippen molar-refractivity contribution in [3.63, 3.8) is 0 Å². The molecule has 0 aromatic carbocycles. The van der Waals surface area contributed by atoms with Crippen molar-refractivity contribution in [1.82, 2.24) is 5.32 Å². The van der Waals surface area contributed by atoms with E-state index in [-0.39, 0.29) is 24.2 Å². The smallest absolute Gasteiger partial charge is 0.246 e. The molecule has 1 amide bonds. The topological polar surface area (TPSA) is 73.6 Å². The van der Waals surface area contributed by atoms with Crippen LogP contribution in [-0.4, -0.2) is 44.4 Å². The van der Waals surface area contributed by atoms with Crippen LogP contribution in [0.25, 0.3) is 0 Å². The molecule has 5 nitrogen and oxygen atoms in total. The van der Waals surface area contributed by atoms with E-state index < -0.39 is 0 Å². The van der Waals surface area contributed by atoms with Crippen LogP contribution in [0.15, 0.2) is 0 Å². The first-order valence-corrected chi connectivity index (χ1v) is 6.74. The van der Waals surface area contributed by atoms with Gasteiger partial charge in [-0.25, -0.2) is 0 Å². The molecule has 0 aromatic heterocycles. The number of methoxy groups -OCH3 is 1. The fraction of sp³-hybridized carbons (Fsp3) is 0.923. The van der Waals surface area contributed by atoms with Crippen molar-refractivity contribution < 1.29 is 14.3 Å². The number of hydrogen-bond acceptors (Lipinski definition) is 4. The lowest BCUT2D eigenvalue weighted by molar-refractivity contribution is -0.136. The Balaban J connectivity index is 2.31. The number of rotatable bonds is 7. The van der Waals surface area contributed by atoms with Gasteiger partial charge in [-0.1, -0.05) is 19.3 Å². The number of carbonyl (C=O) groups is 1. The Kier molecular flexibility index (Phi) is 6.60. The molecule has 0 spiro atoms. The van der Waals surface area contributed by atoms with Gasteiger partial charge >= 0.3 is 0 Å². The van der Waals surface area contributed by atoms with Crippen molar-refractivity contribution in [3.05, 3.63) is 0 Å². The molecule has 18 heavy (non-hydrogen) atoms. The van der Waals surface area contributed by atoms with Gasteiger partial charge in [-0.05, 0) is 19.8 Å². The molecule has 1 rings (SSSR count). The van der Waals surface area contributed by atoms with Crippen molar-refractivity contribution in [2.24, 2.45) is 5.73 Å². The second-order valence-corrected chi connectivity index (χ2v) is 5.16. The standard InChI is InChI=1S/C13H26N2O3/c1-11(8-17-2)15-12(16)9-18-13(10-14)6-4-3-5-7-13/h11H,3-10,14H2,1-2H3,(H,15,16). The minimum atomic E-state index is -0.278. The van der Waals surface area contributed by atoms with Crippen LogP contribution in [0.4, 0.5) is 0 Å². The summed E-state index contributed by atoms with van der Waals surface area (Å²) in [6, 6.07) is 0.00582. The van der Waals surface area contributed by atoms with Crippen molar-refractivity contribution in [1.29, 1.82) is 0 Å². The van der Waals surface area contributed by atoms with Gasteiger partial charge in [0.15, 0.2) is 0 Å². The predicted octanol–water partition coefficient (Wildman–Crippen LogP) is 0.816. The lowest BCUT2D eigenvalue weighted by Crippen LogP contribution is -2.46. The van der Waals surface area contributed by atoms with E-state index >= 15 is 0 Å². The normalized spacial score (nSPS) is 20.4. The minimum absolute atomic E-state index is 0.00582. The fourth-order valence-corrected chi connectivity index (χ4v) is 2.43. The summed E-state index contributed by atoms with van der Waals surface area (Å²) in [6.07, 6.45) is 5.44. The van der Waals surface area contributed by atoms with Crippen LogP contribution in [0, 0.1) is 0 Å². The van der Waals surface area contributed by atoms with Gasteiger partial charge in [0.2, 0.25) is 5.91 Å². The lowest BCUT2D eigenvalue weighted by Gasteiger charge is -2.36. The van der Waals surface area contributed by atoms with Gasteiger partial charge in [-0.15, -0.1) is 0 Å². The van der Waals surface area contributed by atoms with Gasteiger partial charge in [0.25, 0.3) is 0 Å². The Bertz CT molecular complexity index is 253. The van der Waals surface area contributed by atoms with Gasteiger partial charge in [0.1, 0.15) is 6.61 Å². The summed E-state index contributed by atoms with van der Waals surface area (Å²) in [5, 5.41) is 2.83. The third-order valence-corrected chi connectivity index (χ3v) is 3.47. The summed E-state index contributed by atoms with van der Waals surface area (Å²) in [7, 11) is 1.62. The molecule has 0 heterocycles. The molecule has 0 aromatic rings. The number of nitrogens with two attached hydrogens (primary N) is 1. The van der Waals surface area contributed by atoms with E-state index in [1.807, 2.05) is 6.92 Å². The maximum Gasteiger partial charge on any atom is 0.246 e. The van der Waals surface area contributed by atoms with Gasteiger partial charge < -0.3 is 20.5 Å². The monoisotopic (exact) mass is 258 g/mol. The Labute approximate surface area is 109 Å². The van der Waals surface area contributed by atoms with E-state index in [0.29, 0.717) is 13.2 Å². The molecule has 1 aliphatic rings. The van der Waals surface area contributed by atoms with E-state index in [0.717, 1.165) is 25.7 Å². The summed E-state index contributed by atoms with van der Waals surface area (Å²) in [5.74, 6) is -0.0991. The van der Waals surface area contributed by atoms with Crippen molar-refractivity contribution in [3.8, 4) is 0 Å². The first-order chi connectivity index (χ1) is 8.62. The zero-order valence-electron chi connectivity index (χ0n) is 11.5. The van der Waals surface area contributed by atoms with Crippen LogP contribution in [0.3, 0.4) is 0 Å². The Morgan fingerprint density at radius 2 is 2.06 bits per heavy atom. The van der Waals surface area contributed by atoms with Gasteiger partial charge in [0.05, 0.1) is 12.2 Å². The molecule has 0 bridgehead atoms. The molecule has 1 aliphatic carbocycles. The number of carbonyl (C=O) groups excluding carboxylic acids is 1. The maximum atomic E-state index is 11.7. The highest BCUT2D eigenvalue weighted by molar-refractivity contribution is 5.77. The minimum Gasteiger partial charge on any atom is -0.383 e. The second-order valence-electron chi connectivity index (χ2n) is 5.16. The average Bonchev–Trinajstić information content (AvgIpc) is 2.38. The summed E-state index contributed by atoms with van der Waals surface area (Å²) in [5.41, 5.74) is 5.52. The lowest BCUT2D eigenvalue weighted by atomic mass is 9.85. The van der Waals surface area contributed by atoms with Gasteiger partial charge in [0, 0.05) is 19.7 Å². The molecule has 1 unspecified atom stereocenters. The van der Waals surface area contributed by atoms with Crippen LogP contribution < -0.4 is 11.1 Å². The Morgan fingerprint density at radius 1 is 1.39 bits per heavy atom. The Morgan fingerprint density at radius 3 is 2.61 bits per heavy atom. The highest BCUT2D eigenvalue weighted by Gasteiger charge is 2.32. The number of nitrogens with one attached hydrogen (secondary N) is 1. The van der Waals surface area contributed by atoms with Gasteiger partial charge in [-0.3, -0.25) is 4.79 Å². The third-order valence-electron chi connectivity index (χ3n) is 3.47. The third kappa shape index (κ3) is 4.92. The zero-order valence-corrected chi connectivity index (χ0v) is 11.5. The van der Waals surface area contributed by atoms with Crippen molar-refractivity contribution in [2.45, 2.75) is 50.7 Å². The molecule has 0 aliphatic heterocycles. The highest BCUT2D eigenvalue weighted by Crippen LogP contribution is 2.30. The number of ether oxygens (including phenoxy) is 2. The zero-order chi connectivity index (χ0) is 13.4. The maximum absolute atomic E-state index is 11.7. The molecular weight excluding hydrogens is 232 g/mol. The largest absolute Gasteiger partial charge is 0.383 e. The molecule has 5 heteroatoms. The predicted molar refractivity (Wildman–Crippen MR) is 70.3 cm³/mol. The van der Waals surface area contributed by atoms with E-state index in [9.17, 15) is 4.79 Å². The molecule has 0 radical (unpaired) electrons. The van der Waals surface area contributed by atoms with Crippen molar-refractivity contribution >= 4 is 5.91 Å². The molecule has 106 valence electrons. The first-order valence-electron chi connectivity index (χ1n) is 6.74. The van der Waals surface area contributed by atoms with E-state index in [1.54, 1.807) is 7.11 Å². The number of amides is 1. The van der Waals surface area contributed by atoms with Crippen LogP contribution in [0.1, 0.15) is 39.0 Å². The van der Waals surface area contributed by atoms with Crippen LogP contribution >= 0.6 is 0 Å². The molecule has 1 saturated carbocycles. The molecule has 1 fully saturated rings. The summed E-state index contributed by atoms with van der Waals surface area (Å²) >= 11 is 0. The SMILES string of the molecule is COCC(C)NC(=O)COC1(CN)CCCCC1. The molecule has 3 N–H and O–H groups in total. The Hall–Kier alpha value is -0.650. The highest BCUT2D eigenvalue weighted by atomic mass is 16.5. The number of hydrogen-bond donors (Lipinski definition) is 2. The quantitative estimate of drug-likeness (QED) is 0.709. The first kappa shape index (κ1) is 15.4. The fourth-order valence-electron chi connectivity index (χ4n) is 2.43. The second kappa shape index (κ2) is 7.71. The van der Waals surface area contributed by atoms with Crippen LogP contribution in [0.5, 0.6) is 0 Å². The molecular formula is C13H26N2O3. The van der Waals surface area contributed by atoms with Crippen LogP contribution in [-0.2, 0) is 14.3 Å². The van der Waals surface area contributed by atoms with E-state index in [1.165, 1.54) is 6.42 Å². The average molecular weight is 258 g/mol. The van der Waals surface area contributed by atoms with E-state index in [2.05, 4.69) is 5.32 Å². The summed E-state index contributed by atoms with van der Waals surface area (Å²) < 4.78 is 10.7. The van der Waals surface area contributed by atoms with E-state index in [4.69, 9.17) is 15.2 Å². The van der Waals surface area contributed by atoms with Crippen LogP contribution in [0.2, 0.25) is 0 Å². The molecule has 1 atom stereocenters.